The zero-order chi connectivity index (χ0) is 18.0. The van der Waals surface area contributed by atoms with Crippen LogP contribution in [0.1, 0.15) is 56.7 Å². The van der Waals surface area contributed by atoms with Gasteiger partial charge in [-0.25, -0.2) is 0 Å². The lowest BCUT2D eigenvalue weighted by molar-refractivity contribution is -0.116. The topological polar surface area (TPSA) is 78.1 Å². The summed E-state index contributed by atoms with van der Waals surface area (Å²) in [6.07, 6.45) is 1.10. The fraction of sp³-hybridized carbons (Fsp3) is 0.421. The third-order valence-electron chi connectivity index (χ3n) is 4.66. The maximum Gasteiger partial charge on any atom is 0.225 e. The molecule has 6 heteroatoms. The van der Waals surface area contributed by atoms with Crippen molar-refractivity contribution in [2.45, 2.75) is 45.4 Å². The number of nitrogens with one attached hydrogen (secondary N) is 2. The molecule has 0 bridgehead atoms. The van der Waals surface area contributed by atoms with Gasteiger partial charge in [0.25, 0.3) is 0 Å². The van der Waals surface area contributed by atoms with E-state index in [2.05, 4.69) is 29.4 Å². The molecule has 2 amide bonds. The molecule has 2 aromatic rings. The van der Waals surface area contributed by atoms with Crippen molar-refractivity contribution in [3.05, 3.63) is 41.6 Å². The SMILES string of the molecule is CC(=O)N1CC(CCC(=O)Nc2cc(C(C)C)[nH]n2)c2ccccc21. The number of fused-ring (bicyclic) bond motifs is 1. The number of H-pyrrole nitrogens is 1. The van der Waals surface area contributed by atoms with Gasteiger partial charge in [-0.2, -0.15) is 5.10 Å². The average molecular weight is 340 g/mol. The Morgan fingerprint density at radius 3 is 2.80 bits per heavy atom. The van der Waals surface area contributed by atoms with Crippen molar-refractivity contribution in [3.8, 4) is 0 Å². The Morgan fingerprint density at radius 1 is 1.36 bits per heavy atom. The fourth-order valence-corrected chi connectivity index (χ4v) is 3.25. The minimum absolute atomic E-state index is 0.0390. The Hall–Kier alpha value is -2.63. The first-order valence-corrected chi connectivity index (χ1v) is 8.68. The zero-order valence-corrected chi connectivity index (χ0v) is 14.9. The molecule has 1 aromatic heterocycles. The molecule has 132 valence electrons. The average Bonchev–Trinajstić information content (AvgIpc) is 3.18. The number of carbonyl (C=O) groups excluding carboxylic acids is 2. The van der Waals surface area contributed by atoms with E-state index in [1.54, 1.807) is 11.8 Å². The standard InChI is InChI=1S/C19H24N4O2/c1-12(2)16-10-18(22-21-16)20-19(25)9-8-14-11-23(13(3)24)17-7-5-4-6-15(14)17/h4-7,10,12,14H,8-9,11H2,1-3H3,(H2,20,21,22,25). The molecule has 0 radical (unpaired) electrons. The van der Waals surface area contributed by atoms with E-state index >= 15 is 0 Å². The van der Waals surface area contributed by atoms with Crippen LogP contribution in [0, 0.1) is 0 Å². The Labute approximate surface area is 147 Å². The molecule has 0 aliphatic carbocycles. The summed E-state index contributed by atoms with van der Waals surface area (Å²) in [5, 5.41) is 9.89. The normalized spacial score (nSPS) is 16.2. The van der Waals surface area contributed by atoms with Crippen LogP contribution in [-0.4, -0.2) is 28.6 Å². The molecular weight excluding hydrogens is 316 g/mol. The van der Waals surface area contributed by atoms with E-state index in [1.165, 1.54) is 0 Å². The van der Waals surface area contributed by atoms with Crippen molar-refractivity contribution in [2.75, 3.05) is 16.8 Å². The number of aromatic amines is 1. The Bertz CT molecular complexity index is 781. The molecule has 6 nitrogen and oxygen atoms in total. The highest BCUT2D eigenvalue weighted by Crippen LogP contribution is 2.38. The number of benzene rings is 1. The molecule has 1 aromatic carbocycles. The van der Waals surface area contributed by atoms with E-state index in [4.69, 9.17) is 0 Å². The number of amides is 2. The Kier molecular flexibility index (Phi) is 4.88. The number of rotatable bonds is 5. The Morgan fingerprint density at radius 2 is 2.12 bits per heavy atom. The van der Waals surface area contributed by atoms with E-state index in [9.17, 15) is 9.59 Å². The van der Waals surface area contributed by atoms with Crippen molar-refractivity contribution in [3.63, 3.8) is 0 Å². The molecule has 1 aliphatic rings. The molecule has 1 aliphatic heterocycles. The summed E-state index contributed by atoms with van der Waals surface area (Å²) in [4.78, 5) is 25.8. The largest absolute Gasteiger partial charge is 0.312 e. The molecule has 3 rings (SSSR count). The third-order valence-corrected chi connectivity index (χ3v) is 4.66. The van der Waals surface area contributed by atoms with E-state index in [0.29, 0.717) is 31.1 Å². The number of hydrogen-bond donors (Lipinski definition) is 2. The van der Waals surface area contributed by atoms with Crippen molar-refractivity contribution in [1.82, 2.24) is 10.2 Å². The van der Waals surface area contributed by atoms with Crippen molar-refractivity contribution in [1.29, 1.82) is 0 Å². The first-order chi connectivity index (χ1) is 12.0. The van der Waals surface area contributed by atoms with Gasteiger partial charge in [-0.3, -0.25) is 14.7 Å². The second kappa shape index (κ2) is 7.09. The third kappa shape index (κ3) is 3.73. The predicted molar refractivity (Wildman–Crippen MR) is 97.8 cm³/mol. The van der Waals surface area contributed by atoms with Crippen molar-refractivity contribution >= 4 is 23.3 Å². The molecule has 0 fully saturated rings. The van der Waals surface area contributed by atoms with Crippen LogP contribution in [0.2, 0.25) is 0 Å². The summed E-state index contributed by atoms with van der Waals surface area (Å²) < 4.78 is 0. The minimum Gasteiger partial charge on any atom is -0.312 e. The summed E-state index contributed by atoms with van der Waals surface area (Å²) in [6.45, 7) is 6.35. The maximum atomic E-state index is 12.2. The van der Waals surface area contributed by atoms with Gasteiger partial charge >= 0.3 is 0 Å². The zero-order valence-electron chi connectivity index (χ0n) is 14.9. The first kappa shape index (κ1) is 17.2. The summed E-state index contributed by atoms with van der Waals surface area (Å²) in [5.74, 6) is 1.07. The van der Waals surface area contributed by atoms with E-state index in [0.717, 1.165) is 16.9 Å². The number of nitrogens with zero attached hydrogens (tertiary/aromatic N) is 2. The molecular formula is C19H24N4O2. The van der Waals surface area contributed by atoms with E-state index < -0.39 is 0 Å². The lowest BCUT2D eigenvalue weighted by Gasteiger charge is -2.15. The summed E-state index contributed by atoms with van der Waals surface area (Å²) in [5.41, 5.74) is 3.11. The lowest BCUT2D eigenvalue weighted by atomic mass is 9.96. The van der Waals surface area contributed by atoms with Crippen LogP contribution in [0.4, 0.5) is 11.5 Å². The van der Waals surface area contributed by atoms with Gasteiger partial charge in [-0.05, 0) is 24.0 Å². The molecule has 2 N–H and O–H groups in total. The molecule has 1 unspecified atom stereocenters. The van der Waals surface area contributed by atoms with Crippen LogP contribution in [0.15, 0.2) is 30.3 Å². The minimum atomic E-state index is -0.0550. The maximum absolute atomic E-state index is 12.2. The highest BCUT2D eigenvalue weighted by molar-refractivity contribution is 5.94. The first-order valence-electron chi connectivity index (χ1n) is 8.68. The van der Waals surface area contributed by atoms with Gasteiger partial charge in [0.15, 0.2) is 5.82 Å². The van der Waals surface area contributed by atoms with Crippen LogP contribution in [0.3, 0.4) is 0 Å². The molecule has 1 atom stereocenters. The number of carbonyl (C=O) groups is 2. The molecule has 0 saturated heterocycles. The van der Waals surface area contributed by atoms with Crippen LogP contribution < -0.4 is 10.2 Å². The van der Waals surface area contributed by atoms with E-state index in [-0.39, 0.29) is 17.7 Å². The molecule has 2 heterocycles. The number of aromatic nitrogens is 2. The fourth-order valence-electron chi connectivity index (χ4n) is 3.25. The highest BCUT2D eigenvalue weighted by atomic mass is 16.2. The molecule has 0 saturated carbocycles. The van der Waals surface area contributed by atoms with Crippen LogP contribution in [-0.2, 0) is 9.59 Å². The lowest BCUT2D eigenvalue weighted by Crippen LogP contribution is -2.27. The number of hydrogen-bond acceptors (Lipinski definition) is 3. The van der Waals surface area contributed by atoms with Gasteiger partial charge in [0.1, 0.15) is 0 Å². The summed E-state index contributed by atoms with van der Waals surface area (Å²) in [7, 11) is 0. The Balaban J connectivity index is 1.60. The van der Waals surface area contributed by atoms with Gasteiger partial charge in [-0.15, -0.1) is 0 Å². The quantitative estimate of drug-likeness (QED) is 0.875. The van der Waals surface area contributed by atoms with Crippen LogP contribution in [0.5, 0.6) is 0 Å². The van der Waals surface area contributed by atoms with Gasteiger partial charge in [-0.1, -0.05) is 32.0 Å². The van der Waals surface area contributed by atoms with Gasteiger partial charge in [0.05, 0.1) is 0 Å². The van der Waals surface area contributed by atoms with Crippen LogP contribution >= 0.6 is 0 Å². The van der Waals surface area contributed by atoms with Gasteiger partial charge in [0, 0.05) is 43.3 Å². The summed E-state index contributed by atoms with van der Waals surface area (Å²) in [6, 6.07) is 9.79. The van der Waals surface area contributed by atoms with Crippen molar-refractivity contribution < 1.29 is 9.59 Å². The number of anilines is 2. The highest BCUT2D eigenvalue weighted by Gasteiger charge is 2.30. The van der Waals surface area contributed by atoms with Crippen molar-refractivity contribution in [2.24, 2.45) is 0 Å². The van der Waals surface area contributed by atoms with Crippen LogP contribution in [0.25, 0.3) is 0 Å². The van der Waals surface area contributed by atoms with Gasteiger partial charge in [0.2, 0.25) is 11.8 Å². The second-order valence-electron chi connectivity index (χ2n) is 6.84. The molecule has 25 heavy (non-hydrogen) atoms. The summed E-state index contributed by atoms with van der Waals surface area (Å²) >= 11 is 0. The smallest absolute Gasteiger partial charge is 0.225 e. The monoisotopic (exact) mass is 340 g/mol. The number of para-hydroxylation sites is 1. The van der Waals surface area contributed by atoms with Gasteiger partial charge < -0.3 is 10.2 Å². The predicted octanol–water partition coefficient (Wildman–Crippen LogP) is 3.40. The van der Waals surface area contributed by atoms with E-state index in [1.807, 2.05) is 30.3 Å². The second-order valence-corrected chi connectivity index (χ2v) is 6.84. The molecule has 0 spiro atoms.